The second-order valence-electron chi connectivity index (χ2n) is 7.91. The average molecular weight is 431 g/mol. The van der Waals surface area contributed by atoms with E-state index in [0.717, 1.165) is 29.5 Å². The van der Waals surface area contributed by atoms with Crippen molar-refractivity contribution in [1.82, 2.24) is 4.90 Å². The summed E-state index contributed by atoms with van der Waals surface area (Å²) >= 11 is 0. The monoisotopic (exact) mass is 431 g/mol. The van der Waals surface area contributed by atoms with Crippen LogP contribution in [0, 0.1) is 12.8 Å². The first-order chi connectivity index (χ1) is 14.1. The number of carboxylic acid groups (broad SMARTS) is 1. The highest BCUT2D eigenvalue weighted by Crippen LogP contribution is 2.39. The third kappa shape index (κ3) is 6.26. The molecule has 160 valence electrons. The van der Waals surface area contributed by atoms with E-state index in [2.05, 4.69) is 0 Å². The average Bonchev–Trinajstić information content (AvgIpc) is 3.49. The van der Waals surface area contributed by atoms with Gasteiger partial charge in [0, 0.05) is 12.5 Å². The van der Waals surface area contributed by atoms with Crippen LogP contribution in [-0.2, 0) is 26.9 Å². The van der Waals surface area contributed by atoms with Crippen LogP contribution in [0.3, 0.4) is 0 Å². The largest absolute Gasteiger partial charge is 0.481 e. The molecular weight excluding hydrogens is 405 g/mol. The number of carboxylic acids is 1. The van der Waals surface area contributed by atoms with Crippen LogP contribution in [0.15, 0.2) is 48.5 Å². The van der Waals surface area contributed by atoms with Gasteiger partial charge in [-0.1, -0.05) is 54.1 Å². The number of hydrogen-bond donors (Lipinski definition) is 3. The minimum Gasteiger partial charge on any atom is -0.481 e. The van der Waals surface area contributed by atoms with Gasteiger partial charge >= 0.3 is 13.6 Å². The molecule has 1 fully saturated rings. The molecule has 2 aromatic carbocycles. The van der Waals surface area contributed by atoms with Gasteiger partial charge in [-0.25, -0.2) is 0 Å². The van der Waals surface area contributed by atoms with Crippen LogP contribution in [0.25, 0.3) is 0 Å². The van der Waals surface area contributed by atoms with Crippen molar-refractivity contribution < 1.29 is 29.0 Å². The molecule has 0 spiro atoms. The van der Waals surface area contributed by atoms with Gasteiger partial charge in [0.25, 0.3) is 0 Å². The van der Waals surface area contributed by atoms with Crippen LogP contribution in [-0.4, -0.2) is 31.7 Å². The van der Waals surface area contributed by atoms with E-state index in [1.165, 1.54) is 0 Å². The van der Waals surface area contributed by atoms with Gasteiger partial charge in [0.1, 0.15) is 0 Å². The minimum absolute atomic E-state index is 0.0537. The lowest BCUT2D eigenvalue weighted by molar-refractivity contribution is -0.142. The summed E-state index contributed by atoms with van der Waals surface area (Å²) in [6.07, 6.45) is 1.08. The van der Waals surface area contributed by atoms with E-state index in [-0.39, 0.29) is 31.0 Å². The van der Waals surface area contributed by atoms with Crippen molar-refractivity contribution in [2.45, 2.75) is 44.9 Å². The summed E-state index contributed by atoms with van der Waals surface area (Å²) in [7, 11) is -4.16. The van der Waals surface area contributed by atoms with Gasteiger partial charge in [0.05, 0.1) is 18.6 Å². The third-order valence-electron chi connectivity index (χ3n) is 5.15. The predicted molar refractivity (Wildman–Crippen MR) is 112 cm³/mol. The quantitative estimate of drug-likeness (QED) is 0.523. The van der Waals surface area contributed by atoms with Gasteiger partial charge in [-0.15, -0.1) is 0 Å². The fourth-order valence-electron chi connectivity index (χ4n) is 3.54. The fourth-order valence-corrected chi connectivity index (χ4v) is 4.23. The lowest BCUT2D eigenvalue weighted by atomic mass is 9.98. The van der Waals surface area contributed by atoms with Gasteiger partial charge in [0.2, 0.25) is 5.91 Å². The molecule has 8 heteroatoms. The highest BCUT2D eigenvalue weighted by molar-refractivity contribution is 7.50. The second kappa shape index (κ2) is 9.13. The van der Waals surface area contributed by atoms with E-state index in [1.807, 2.05) is 31.2 Å². The predicted octanol–water partition coefficient (Wildman–Crippen LogP) is 3.63. The number of aliphatic carboxylic acids is 1. The summed E-state index contributed by atoms with van der Waals surface area (Å²) in [5.41, 5.74) is 3.06. The topological polar surface area (TPSA) is 115 Å². The van der Waals surface area contributed by atoms with Crippen LogP contribution >= 0.6 is 7.60 Å². The zero-order chi connectivity index (χ0) is 21.9. The van der Waals surface area contributed by atoms with Gasteiger partial charge in [-0.2, -0.15) is 0 Å². The maximum atomic E-state index is 13.1. The molecule has 1 saturated carbocycles. The van der Waals surface area contributed by atoms with Crippen molar-refractivity contribution >= 4 is 19.5 Å². The number of carbonyl (C=O) groups excluding carboxylic acids is 1. The SMILES string of the molecule is Cc1cccc(C(CC(=O)O)N(Cc2ccc(CP(=O)(O)O)cc2)C(=O)C2CC2)c1. The highest BCUT2D eigenvalue weighted by Gasteiger charge is 2.37. The molecule has 30 heavy (non-hydrogen) atoms. The molecule has 7 nitrogen and oxygen atoms in total. The van der Waals surface area contributed by atoms with Crippen molar-refractivity contribution in [3.63, 3.8) is 0 Å². The lowest BCUT2D eigenvalue weighted by Gasteiger charge is -2.32. The van der Waals surface area contributed by atoms with Gasteiger partial charge in [0.15, 0.2) is 0 Å². The van der Waals surface area contributed by atoms with Crippen molar-refractivity contribution in [1.29, 1.82) is 0 Å². The maximum absolute atomic E-state index is 13.1. The van der Waals surface area contributed by atoms with Crippen molar-refractivity contribution in [3.05, 3.63) is 70.8 Å². The summed E-state index contributed by atoms with van der Waals surface area (Å²) < 4.78 is 11.2. The molecule has 0 aliphatic heterocycles. The van der Waals surface area contributed by atoms with Crippen molar-refractivity contribution in [2.75, 3.05) is 0 Å². The maximum Gasteiger partial charge on any atom is 0.329 e. The molecule has 1 aliphatic carbocycles. The van der Waals surface area contributed by atoms with Crippen LogP contribution in [0.2, 0.25) is 0 Å². The summed E-state index contributed by atoms with van der Waals surface area (Å²) in [6, 6.07) is 13.7. The lowest BCUT2D eigenvalue weighted by Crippen LogP contribution is -2.36. The number of nitrogens with zero attached hydrogens (tertiary/aromatic N) is 1. The molecule has 0 aromatic heterocycles. The summed E-state index contributed by atoms with van der Waals surface area (Å²) in [4.78, 5) is 44.6. The van der Waals surface area contributed by atoms with E-state index in [9.17, 15) is 19.3 Å². The van der Waals surface area contributed by atoms with E-state index >= 15 is 0 Å². The standard InChI is InChI=1S/C22H26NO6P/c1-15-3-2-4-19(11-15)20(12-21(24)25)23(22(26)18-9-10-18)13-16-5-7-17(8-6-16)14-30(27,28)29/h2-8,11,18,20H,9-10,12-14H2,1H3,(H,24,25)(H2,27,28,29). The van der Waals surface area contributed by atoms with Crippen LogP contribution in [0.4, 0.5) is 0 Å². The number of amides is 1. The number of hydrogen-bond acceptors (Lipinski definition) is 3. The van der Waals surface area contributed by atoms with E-state index in [1.54, 1.807) is 29.2 Å². The zero-order valence-electron chi connectivity index (χ0n) is 16.8. The van der Waals surface area contributed by atoms with E-state index in [0.29, 0.717) is 5.56 Å². The van der Waals surface area contributed by atoms with Crippen molar-refractivity contribution in [3.8, 4) is 0 Å². The van der Waals surface area contributed by atoms with Gasteiger partial charge < -0.3 is 19.8 Å². The molecular formula is C22H26NO6P. The third-order valence-corrected chi connectivity index (χ3v) is 5.92. The number of benzene rings is 2. The normalized spacial score (nSPS) is 14.9. The Morgan fingerprint density at radius 2 is 1.73 bits per heavy atom. The molecule has 0 radical (unpaired) electrons. The zero-order valence-corrected chi connectivity index (χ0v) is 17.7. The number of rotatable bonds is 9. The first-order valence-corrected chi connectivity index (χ1v) is 11.6. The smallest absolute Gasteiger partial charge is 0.329 e. The summed E-state index contributed by atoms with van der Waals surface area (Å²) in [5.74, 6) is -1.10. The van der Waals surface area contributed by atoms with Crippen LogP contribution in [0.1, 0.15) is 47.6 Å². The summed E-state index contributed by atoms with van der Waals surface area (Å²) in [6.45, 7) is 2.16. The first-order valence-electron chi connectivity index (χ1n) is 9.83. The number of carbonyl (C=O) groups is 2. The highest BCUT2D eigenvalue weighted by atomic mass is 31.2. The van der Waals surface area contributed by atoms with E-state index < -0.39 is 19.6 Å². The Hall–Kier alpha value is -2.47. The van der Waals surface area contributed by atoms with Gasteiger partial charge in [-0.05, 0) is 36.5 Å². The minimum atomic E-state index is -4.16. The molecule has 1 aliphatic rings. The Morgan fingerprint density at radius 1 is 1.10 bits per heavy atom. The molecule has 3 rings (SSSR count). The molecule has 3 N–H and O–H groups in total. The first kappa shape index (κ1) is 22.2. The molecule has 1 unspecified atom stereocenters. The Morgan fingerprint density at radius 3 is 2.27 bits per heavy atom. The van der Waals surface area contributed by atoms with Crippen molar-refractivity contribution in [2.24, 2.45) is 5.92 Å². The molecule has 0 heterocycles. The summed E-state index contributed by atoms with van der Waals surface area (Å²) in [5, 5.41) is 9.50. The Labute approximate surface area is 175 Å². The van der Waals surface area contributed by atoms with Gasteiger partial charge in [-0.3, -0.25) is 14.2 Å². The Bertz CT molecular complexity index is 964. The molecule has 0 saturated heterocycles. The molecule has 2 aromatic rings. The number of aryl methyl sites for hydroxylation is 1. The van der Waals surface area contributed by atoms with Crippen LogP contribution in [0.5, 0.6) is 0 Å². The second-order valence-corrected chi connectivity index (χ2v) is 9.55. The van der Waals surface area contributed by atoms with E-state index in [4.69, 9.17) is 9.79 Å². The van der Waals surface area contributed by atoms with Crippen LogP contribution < -0.4 is 0 Å². The Kier molecular flexibility index (Phi) is 6.76. The fraction of sp³-hybridized carbons (Fsp3) is 0.364. The Balaban J connectivity index is 1.90. The molecule has 1 amide bonds. The molecule has 1 atom stereocenters. The molecule has 0 bridgehead atoms.